The first kappa shape index (κ1) is 13.7. The average Bonchev–Trinajstić information content (AvgIpc) is 2.92. The van der Waals surface area contributed by atoms with E-state index in [9.17, 15) is 8.42 Å². The number of hydrogen-bond donors (Lipinski definition) is 0. The van der Waals surface area contributed by atoms with Crippen LogP contribution in [0.2, 0.25) is 0 Å². The molecule has 0 unspecified atom stereocenters. The van der Waals surface area contributed by atoms with Crippen molar-refractivity contribution in [3.05, 3.63) is 60.3 Å². The Morgan fingerprint density at radius 1 is 1.00 bits per heavy atom. The third kappa shape index (κ3) is 2.10. The maximum atomic E-state index is 12.7. The highest BCUT2D eigenvalue weighted by Crippen LogP contribution is 2.31. The van der Waals surface area contributed by atoms with Crippen LogP contribution in [0.3, 0.4) is 0 Å². The molecule has 0 N–H and O–H groups in total. The van der Waals surface area contributed by atoms with Crippen LogP contribution in [0.25, 0.3) is 10.9 Å². The Kier molecular flexibility index (Phi) is 3.22. The maximum absolute atomic E-state index is 12.7. The number of hydrogen-bond acceptors (Lipinski definition) is 3. The first-order valence-corrected chi connectivity index (χ1v) is 7.95. The molecular weight excluding hydrogens is 286 g/mol. The second kappa shape index (κ2) is 4.93. The quantitative estimate of drug-likeness (QED) is 0.746. The van der Waals surface area contributed by atoms with Gasteiger partial charge in [-0.1, -0.05) is 24.3 Å². The molecule has 5 heteroatoms. The lowest BCUT2D eigenvalue weighted by atomic mass is 10.1. The first-order valence-electron chi connectivity index (χ1n) is 6.51. The summed E-state index contributed by atoms with van der Waals surface area (Å²) in [4.78, 5) is 0.266. The van der Waals surface area contributed by atoms with Crippen molar-refractivity contribution in [1.82, 2.24) is 3.97 Å². The zero-order valence-electron chi connectivity index (χ0n) is 11.8. The predicted octanol–water partition coefficient (Wildman–Crippen LogP) is 3.20. The number of fused-ring (bicyclic) bond motifs is 1. The molecular formula is C16H15NO3S. The van der Waals surface area contributed by atoms with Gasteiger partial charge >= 0.3 is 0 Å². The molecule has 2 aromatic carbocycles. The normalized spacial score (nSPS) is 11.7. The summed E-state index contributed by atoms with van der Waals surface area (Å²) in [7, 11) is -2.01. The van der Waals surface area contributed by atoms with Gasteiger partial charge in [0.05, 0.1) is 17.5 Å². The molecule has 0 bridgehead atoms. The Labute approximate surface area is 123 Å². The van der Waals surface area contributed by atoms with E-state index in [0.717, 1.165) is 10.9 Å². The van der Waals surface area contributed by atoms with Gasteiger partial charge in [-0.3, -0.25) is 0 Å². The molecule has 0 radical (unpaired) electrons. The van der Waals surface area contributed by atoms with E-state index >= 15 is 0 Å². The van der Waals surface area contributed by atoms with Crippen LogP contribution in [0.1, 0.15) is 5.56 Å². The minimum absolute atomic E-state index is 0.266. The summed E-state index contributed by atoms with van der Waals surface area (Å²) in [6.45, 7) is 1.93. The SMILES string of the molecule is COc1c(C)ccc2c1ccn2S(=O)(=O)c1ccccc1. The zero-order valence-corrected chi connectivity index (χ0v) is 12.6. The molecule has 0 aliphatic carbocycles. The van der Waals surface area contributed by atoms with Crippen LogP contribution in [0, 0.1) is 6.92 Å². The van der Waals surface area contributed by atoms with Crippen molar-refractivity contribution in [2.45, 2.75) is 11.8 Å². The number of ether oxygens (including phenoxy) is 1. The van der Waals surface area contributed by atoms with Crippen molar-refractivity contribution in [2.24, 2.45) is 0 Å². The number of nitrogens with zero attached hydrogens (tertiary/aromatic N) is 1. The van der Waals surface area contributed by atoms with E-state index in [2.05, 4.69) is 0 Å². The summed E-state index contributed by atoms with van der Waals surface area (Å²) in [6.07, 6.45) is 1.56. The van der Waals surface area contributed by atoms with Crippen molar-refractivity contribution in [3.8, 4) is 5.75 Å². The molecule has 1 heterocycles. The Hall–Kier alpha value is -2.27. The maximum Gasteiger partial charge on any atom is 0.268 e. The summed E-state index contributed by atoms with van der Waals surface area (Å²) in [6, 6.07) is 13.8. The van der Waals surface area contributed by atoms with Crippen LogP contribution in [0.15, 0.2) is 59.6 Å². The van der Waals surface area contributed by atoms with Gasteiger partial charge in [-0.2, -0.15) is 0 Å². The molecule has 0 saturated heterocycles. The molecule has 0 atom stereocenters. The van der Waals surface area contributed by atoms with Gasteiger partial charge in [0.25, 0.3) is 10.0 Å². The van der Waals surface area contributed by atoms with E-state index in [1.54, 1.807) is 55.8 Å². The van der Waals surface area contributed by atoms with E-state index in [4.69, 9.17) is 4.74 Å². The Morgan fingerprint density at radius 3 is 2.38 bits per heavy atom. The fourth-order valence-corrected chi connectivity index (χ4v) is 3.83. The first-order chi connectivity index (χ1) is 10.1. The van der Waals surface area contributed by atoms with Crippen LogP contribution in [-0.4, -0.2) is 19.5 Å². The van der Waals surface area contributed by atoms with E-state index in [-0.39, 0.29) is 4.90 Å². The van der Waals surface area contributed by atoms with Crippen LogP contribution < -0.4 is 4.74 Å². The van der Waals surface area contributed by atoms with Gasteiger partial charge in [-0.05, 0) is 36.8 Å². The van der Waals surface area contributed by atoms with Gasteiger partial charge in [0.2, 0.25) is 0 Å². The number of rotatable bonds is 3. The highest BCUT2D eigenvalue weighted by molar-refractivity contribution is 7.90. The minimum atomic E-state index is -3.60. The van der Waals surface area contributed by atoms with E-state index in [1.807, 2.05) is 13.0 Å². The molecule has 0 aliphatic heterocycles. The lowest BCUT2D eigenvalue weighted by Crippen LogP contribution is -2.11. The van der Waals surface area contributed by atoms with Gasteiger partial charge in [-0.15, -0.1) is 0 Å². The van der Waals surface area contributed by atoms with Crippen molar-refractivity contribution < 1.29 is 13.2 Å². The van der Waals surface area contributed by atoms with E-state index < -0.39 is 10.0 Å². The Morgan fingerprint density at radius 2 is 1.71 bits per heavy atom. The lowest BCUT2D eigenvalue weighted by Gasteiger charge is -2.09. The fraction of sp³-hybridized carbons (Fsp3) is 0.125. The summed E-state index contributed by atoms with van der Waals surface area (Å²) in [5.41, 5.74) is 1.58. The summed E-state index contributed by atoms with van der Waals surface area (Å²) in [5, 5.41) is 0.789. The molecule has 1 aromatic heterocycles. The van der Waals surface area contributed by atoms with Crippen molar-refractivity contribution in [1.29, 1.82) is 0 Å². The number of benzene rings is 2. The number of aryl methyl sites for hydroxylation is 1. The van der Waals surface area contributed by atoms with Crippen LogP contribution in [0.5, 0.6) is 5.75 Å². The molecule has 0 aliphatic rings. The van der Waals surface area contributed by atoms with Crippen molar-refractivity contribution in [2.75, 3.05) is 7.11 Å². The fourth-order valence-electron chi connectivity index (χ4n) is 2.46. The van der Waals surface area contributed by atoms with Gasteiger partial charge in [0, 0.05) is 11.6 Å². The van der Waals surface area contributed by atoms with Gasteiger partial charge < -0.3 is 4.74 Å². The third-order valence-corrected chi connectivity index (χ3v) is 5.19. The molecule has 0 saturated carbocycles. The molecule has 21 heavy (non-hydrogen) atoms. The lowest BCUT2D eigenvalue weighted by molar-refractivity contribution is 0.417. The smallest absolute Gasteiger partial charge is 0.268 e. The predicted molar refractivity (Wildman–Crippen MR) is 82.3 cm³/mol. The second-order valence-corrected chi connectivity index (χ2v) is 6.59. The molecule has 0 spiro atoms. The van der Waals surface area contributed by atoms with E-state index in [1.165, 1.54) is 3.97 Å². The Bertz CT molecular complexity index is 896. The summed E-state index contributed by atoms with van der Waals surface area (Å²) < 4.78 is 32.1. The molecule has 0 fully saturated rings. The Balaban J connectivity index is 2.28. The average molecular weight is 301 g/mol. The van der Waals surface area contributed by atoms with Crippen molar-refractivity contribution in [3.63, 3.8) is 0 Å². The topological polar surface area (TPSA) is 48.3 Å². The largest absolute Gasteiger partial charge is 0.496 e. The highest BCUT2D eigenvalue weighted by Gasteiger charge is 2.20. The number of aromatic nitrogens is 1. The molecule has 3 aromatic rings. The van der Waals surface area contributed by atoms with Crippen LogP contribution >= 0.6 is 0 Å². The van der Waals surface area contributed by atoms with Crippen LogP contribution in [0.4, 0.5) is 0 Å². The summed E-state index contributed by atoms with van der Waals surface area (Å²) in [5.74, 6) is 0.703. The van der Waals surface area contributed by atoms with Crippen LogP contribution in [-0.2, 0) is 10.0 Å². The zero-order chi connectivity index (χ0) is 15.0. The third-order valence-electron chi connectivity index (χ3n) is 3.49. The number of methoxy groups -OCH3 is 1. The van der Waals surface area contributed by atoms with Gasteiger partial charge in [-0.25, -0.2) is 12.4 Å². The van der Waals surface area contributed by atoms with Gasteiger partial charge in [0.1, 0.15) is 5.75 Å². The summed E-state index contributed by atoms with van der Waals surface area (Å²) >= 11 is 0. The second-order valence-electron chi connectivity index (χ2n) is 4.78. The van der Waals surface area contributed by atoms with Crippen molar-refractivity contribution >= 4 is 20.9 Å². The monoisotopic (exact) mass is 301 g/mol. The van der Waals surface area contributed by atoms with Gasteiger partial charge in [0.15, 0.2) is 0 Å². The molecule has 0 amide bonds. The highest BCUT2D eigenvalue weighted by atomic mass is 32.2. The molecule has 108 valence electrons. The van der Waals surface area contributed by atoms with E-state index in [0.29, 0.717) is 11.3 Å². The molecule has 3 rings (SSSR count). The standard InChI is InChI=1S/C16H15NO3S/c1-12-8-9-15-14(16(12)20-2)10-11-17(15)21(18,19)13-6-4-3-5-7-13/h3-11H,1-2H3. The minimum Gasteiger partial charge on any atom is -0.496 e. The molecule has 4 nitrogen and oxygen atoms in total.